The number of β-amino-alcohol motifs (C(OH)–C–C–N with tert-alkyl or cyclic N) is 3. The maximum absolute atomic E-state index is 13.7. The number of Topliss-reactive ketones (excluding diaryl/α,β-unsaturated/α-hetero) is 3. The second-order valence-electron chi connectivity index (χ2n) is 23.6. The molecule has 6 aromatic carbocycles. The number of hydrogen-bond acceptors (Lipinski definition) is 9. The predicted molar refractivity (Wildman–Crippen MR) is 321 cm³/mol. The van der Waals surface area contributed by atoms with Crippen LogP contribution < -0.4 is 14.7 Å². The number of rotatable bonds is 15. The molecule has 0 spiro atoms. The number of anilines is 3. The maximum Gasteiger partial charge on any atom is 0.407 e. The van der Waals surface area contributed by atoms with Gasteiger partial charge in [-0.1, -0.05) is 90.5 Å². The molecular weight excluding hydrogens is 1190 g/mol. The highest BCUT2D eigenvalue weighted by molar-refractivity contribution is 5.91. The van der Waals surface area contributed by atoms with E-state index in [4.69, 9.17) is 19.7 Å². The van der Waals surface area contributed by atoms with Crippen LogP contribution in [0, 0.1) is 39.4 Å². The van der Waals surface area contributed by atoms with E-state index in [9.17, 15) is 73.6 Å². The van der Waals surface area contributed by atoms with Crippen LogP contribution in [-0.4, -0.2) is 88.7 Å². The van der Waals surface area contributed by atoms with E-state index in [0.717, 1.165) is 109 Å². The Kier molecular flexibility index (Phi) is 21.1. The van der Waals surface area contributed by atoms with E-state index in [0.29, 0.717) is 25.3 Å². The van der Waals surface area contributed by atoms with E-state index in [1.807, 2.05) is 54.0 Å². The zero-order valence-corrected chi connectivity index (χ0v) is 50.0. The third kappa shape index (κ3) is 17.0. The molecule has 0 amide bonds. The largest absolute Gasteiger partial charge is 0.407 e. The second kappa shape index (κ2) is 27.6. The first-order valence-electron chi connectivity index (χ1n) is 28.8. The molecule has 12 nitrogen and oxygen atoms in total. The summed E-state index contributed by atoms with van der Waals surface area (Å²) < 4.78 is 132. The molecule has 0 saturated carbocycles. The minimum Gasteiger partial charge on any atom is -0.380 e. The lowest BCUT2D eigenvalue weighted by Crippen LogP contribution is -2.49. The van der Waals surface area contributed by atoms with Gasteiger partial charge < -0.3 is 30.0 Å². The molecule has 3 N–H and O–H groups in total. The Morgan fingerprint density at radius 2 is 0.856 bits per heavy atom. The summed E-state index contributed by atoms with van der Waals surface area (Å²) in [6.45, 7) is 30.8. The molecule has 0 unspecified atom stereocenters. The fraction of sp³-hybridized carbons (Fsp3) is 0.382. The normalized spacial score (nSPS) is 15.8. The van der Waals surface area contributed by atoms with Crippen molar-refractivity contribution in [3.8, 4) is 0 Å². The Morgan fingerprint density at radius 3 is 1.27 bits per heavy atom. The van der Waals surface area contributed by atoms with Crippen LogP contribution in [0.15, 0.2) is 109 Å². The van der Waals surface area contributed by atoms with Crippen molar-refractivity contribution >= 4 is 51.5 Å². The summed E-state index contributed by atoms with van der Waals surface area (Å²) in [5, 5.41) is 32.5. The van der Waals surface area contributed by atoms with Gasteiger partial charge in [0.1, 0.15) is 22.6 Å². The lowest BCUT2D eigenvalue weighted by Gasteiger charge is -2.36. The van der Waals surface area contributed by atoms with Crippen LogP contribution in [0.2, 0.25) is 0 Å². The SMILES string of the molecule is [C-]#[N+]c1ccc(CC(=O)[C@@](C)(O)CN2CCCc3c(C)cccc32)cc1C(F)(F)F.[C-]#[N+]c1ccc(CC(=O)[C@@](C)(O)CN2CCCc3cc(C)ccc32)cc1C(F)(F)F.[C-]#[N+]c1ccc(CC(=O)[C@@](C)(O)CN2CCCc3ccc(F)cc32)cc1C(F)(F)F. The Hall–Kier alpha value is -8.62. The highest BCUT2D eigenvalue weighted by Gasteiger charge is 2.40. The number of benzene rings is 6. The second-order valence-corrected chi connectivity index (χ2v) is 23.6. The van der Waals surface area contributed by atoms with E-state index >= 15 is 0 Å². The molecule has 0 bridgehead atoms. The summed E-state index contributed by atoms with van der Waals surface area (Å²) in [6.07, 6.45) is -10.0. The molecule has 0 fully saturated rings. The molecule has 3 heterocycles. The fourth-order valence-electron chi connectivity index (χ4n) is 11.4. The number of aliphatic hydroxyl groups is 3. The number of ketones is 3. The van der Waals surface area contributed by atoms with Crippen molar-refractivity contribution < 1.29 is 73.6 Å². The van der Waals surface area contributed by atoms with Crippen LogP contribution in [0.4, 0.5) is 78.0 Å². The maximum atomic E-state index is 13.7. The van der Waals surface area contributed by atoms with Crippen molar-refractivity contribution in [1.82, 2.24) is 0 Å². The quantitative estimate of drug-likeness (QED) is 0.0678. The molecule has 474 valence electrons. The summed E-state index contributed by atoms with van der Waals surface area (Å²) in [5.41, 5.74) is -1.68. The Labute approximate surface area is 515 Å². The van der Waals surface area contributed by atoms with E-state index < -0.39 is 98.7 Å². The van der Waals surface area contributed by atoms with Gasteiger partial charge in [-0.05, 0) is 136 Å². The van der Waals surface area contributed by atoms with Crippen molar-refractivity contribution in [3.05, 3.63) is 210 Å². The fourth-order valence-corrected chi connectivity index (χ4v) is 11.4. The lowest BCUT2D eigenvalue weighted by atomic mass is 9.91. The molecule has 3 aliphatic heterocycles. The summed E-state index contributed by atoms with van der Waals surface area (Å²) in [5.74, 6) is -2.21. The first-order valence-corrected chi connectivity index (χ1v) is 28.8. The van der Waals surface area contributed by atoms with E-state index in [-0.39, 0.29) is 49.2 Å². The minimum absolute atomic E-state index is 0.0603. The van der Waals surface area contributed by atoms with Crippen LogP contribution >= 0.6 is 0 Å². The average molecular weight is 1250 g/mol. The molecule has 22 heteroatoms. The van der Waals surface area contributed by atoms with Crippen molar-refractivity contribution in [2.24, 2.45) is 0 Å². The van der Waals surface area contributed by atoms with Crippen LogP contribution in [0.3, 0.4) is 0 Å². The van der Waals surface area contributed by atoms with Crippen molar-refractivity contribution in [2.75, 3.05) is 54.0 Å². The molecule has 9 rings (SSSR count). The molecule has 0 aromatic heterocycles. The molecule has 6 aromatic rings. The van der Waals surface area contributed by atoms with Gasteiger partial charge in [-0.25, -0.2) is 18.9 Å². The third-order valence-electron chi connectivity index (χ3n) is 16.1. The summed E-state index contributed by atoms with van der Waals surface area (Å²) in [4.78, 5) is 52.6. The average Bonchev–Trinajstić information content (AvgIpc) is 0.924. The van der Waals surface area contributed by atoms with Gasteiger partial charge in [-0.15, -0.1) is 0 Å². The zero-order chi connectivity index (χ0) is 66.3. The number of nitrogens with zero attached hydrogens (tertiary/aromatic N) is 6. The monoisotopic (exact) mass is 1250 g/mol. The van der Waals surface area contributed by atoms with Gasteiger partial charge in [0.2, 0.25) is 0 Å². The van der Waals surface area contributed by atoms with E-state index in [1.165, 1.54) is 56.7 Å². The zero-order valence-electron chi connectivity index (χ0n) is 50.0. The highest BCUT2D eigenvalue weighted by atomic mass is 19.4. The Bertz CT molecular complexity index is 3690. The van der Waals surface area contributed by atoms with E-state index in [2.05, 4.69) is 20.6 Å². The van der Waals surface area contributed by atoms with Gasteiger partial charge in [0.25, 0.3) is 0 Å². The van der Waals surface area contributed by atoms with E-state index in [1.54, 1.807) is 11.0 Å². The van der Waals surface area contributed by atoms with Gasteiger partial charge >= 0.3 is 18.5 Å². The highest BCUT2D eigenvalue weighted by Crippen LogP contribution is 2.41. The predicted octanol–water partition coefficient (Wildman–Crippen LogP) is 14.5. The van der Waals surface area contributed by atoms with Crippen LogP contribution in [-0.2, 0) is 71.4 Å². The number of carbonyl (C=O) groups excluding carboxylic acids is 3. The molecule has 0 aliphatic carbocycles. The summed E-state index contributed by atoms with van der Waals surface area (Å²) >= 11 is 0. The molecule has 3 atom stereocenters. The number of fused-ring (bicyclic) bond motifs is 3. The van der Waals surface area contributed by atoms with Gasteiger partial charge in [0.05, 0.1) is 56.0 Å². The molecule has 0 radical (unpaired) electrons. The van der Waals surface area contributed by atoms with Crippen LogP contribution in [0.1, 0.15) is 101 Å². The van der Waals surface area contributed by atoms with Crippen molar-refractivity contribution in [2.45, 2.75) is 128 Å². The van der Waals surface area contributed by atoms with Gasteiger partial charge in [-0.2, -0.15) is 39.5 Å². The Morgan fingerprint density at radius 1 is 0.467 bits per heavy atom. The lowest BCUT2D eigenvalue weighted by molar-refractivity contribution is -0.137. The molecule has 90 heavy (non-hydrogen) atoms. The molecule has 3 aliphatic rings. The minimum atomic E-state index is -4.72. The number of alkyl halides is 9. The number of carbonyl (C=O) groups is 3. The van der Waals surface area contributed by atoms with Crippen molar-refractivity contribution in [3.63, 3.8) is 0 Å². The van der Waals surface area contributed by atoms with Gasteiger partial charge in [0, 0.05) is 56.0 Å². The van der Waals surface area contributed by atoms with Gasteiger partial charge in [0.15, 0.2) is 34.4 Å². The van der Waals surface area contributed by atoms with Crippen LogP contribution in [0.25, 0.3) is 14.5 Å². The smallest absolute Gasteiger partial charge is 0.380 e. The van der Waals surface area contributed by atoms with Crippen molar-refractivity contribution in [1.29, 1.82) is 0 Å². The first kappa shape index (κ1) is 68.9. The molecular formula is C68H66F10N6O6. The van der Waals surface area contributed by atoms with Crippen LogP contribution in [0.5, 0.6) is 0 Å². The number of hydrogen-bond donors (Lipinski definition) is 3. The number of halogens is 10. The molecule has 0 saturated heterocycles. The number of aryl methyl sites for hydroxylation is 4. The Balaban J connectivity index is 0.000000192. The third-order valence-corrected chi connectivity index (χ3v) is 16.1. The van der Waals surface area contributed by atoms with Gasteiger partial charge in [-0.3, -0.25) is 14.4 Å². The summed E-state index contributed by atoms with van der Waals surface area (Å²) in [6, 6.07) is 25.9. The standard InChI is InChI=1S/2C23H23F3N2O2.C22H20F4N2O2/c1-15-6-4-8-20-17(15)7-5-11-28(20)14-22(2,30)21(29)13-16-9-10-19(27-3)18(12-16)23(24,25)26;1-15-6-9-20-17(11-15)5-4-10-28(20)14-22(2,30)21(29)13-16-7-8-19(27-3)18(12-16)23(24,25)26;1-21(30,13-28-9-3-4-15-6-7-16(23)12-19(15)28)20(29)11-14-5-8-18(27-2)17(10-14)22(24,25)26/h4,6,8-10,12,30H,5,7,11,13-14H2,1-2H3;6-9,11-12,30H,4-5,10,13-14H2,1-2H3;5-8,10,12,30H,3-4,9,11,13H2,1H3/t2*22-;21-/m000/s1. The topological polar surface area (TPSA) is 135 Å². The first-order chi connectivity index (χ1) is 42.0. The summed E-state index contributed by atoms with van der Waals surface area (Å²) in [7, 11) is 0.